The van der Waals surface area contributed by atoms with Gasteiger partial charge >= 0.3 is 0 Å². The number of thiophene rings is 1. The van der Waals surface area contributed by atoms with E-state index >= 15 is 0 Å². The molecule has 0 unspecified atom stereocenters. The highest BCUT2D eigenvalue weighted by Gasteiger charge is 2.30. The maximum absolute atomic E-state index is 11.6. The third kappa shape index (κ3) is 1.88. The number of Topliss-reactive ketones (excluding diaryl/α,β-unsaturated/α-hetero) is 1. The van der Waals surface area contributed by atoms with Crippen LogP contribution in [0.3, 0.4) is 0 Å². The molecule has 0 saturated heterocycles. The molecule has 0 aliphatic heterocycles. The average molecular weight is 210 g/mol. The second-order valence-electron chi connectivity index (χ2n) is 3.78. The maximum Gasteiger partial charge on any atom is 0.138 e. The van der Waals surface area contributed by atoms with Gasteiger partial charge in [0.2, 0.25) is 0 Å². The van der Waals surface area contributed by atoms with Crippen LogP contribution in [0.25, 0.3) is 0 Å². The summed E-state index contributed by atoms with van der Waals surface area (Å²) in [4.78, 5) is 12.5. The van der Waals surface area contributed by atoms with Crippen LogP contribution in [-0.2, 0) is 4.79 Å². The van der Waals surface area contributed by atoms with Crippen LogP contribution in [0.15, 0.2) is 17.5 Å². The molecule has 2 nitrogen and oxygen atoms in total. The Hall–Kier alpha value is -0.670. The Morgan fingerprint density at radius 1 is 1.50 bits per heavy atom. The molecule has 1 aliphatic rings. The van der Waals surface area contributed by atoms with Gasteiger partial charge in [-0.15, -0.1) is 11.3 Å². The molecule has 0 aromatic carbocycles. The summed E-state index contributed by atoms with van der Waals surface area (Å²) in [6, 6.07) is 3.81. The number of carbonyl (C=O) groups is 1. The molecule has 0 spiro atoms. The van der Waals surface area contributed by atoms with Crippen LogP contribution in [0.4, 0.5) is 0 Å². The number of carbonyl (C=O) groups excluding carboxylic acids is 1. The highest BCUT2D eigenvalue weighted by molar-refractivity contribution is 7.10. The second kappa shape index (κ2) is 4.24. The lowest BCUT2D eigenvalue weighted by Crippen LogP contribution is -2.25. The van der Waals surface area contributed by atoms with Gasteiger partial charge in [-0.2, -0.15) is 0 Å². The highest BCUT2D eigenvalue weighted by Crippen LogP contribution is 2.33. The fourth-order valence-electron chi connectivity index (χ4n) is 2.00. The van der Waals surface area contributed by atoms with E-state index in [0.717, 1.165) is 24.1 Å². The van der Waals surface area contributed by atoms with Gasteiger partial charge in [-0.05, 0) is 24.3 Å². The van der Waals surface area contributed by atoms with Crippen molar-refractivity contribution in [1.29, 1.82) is 0 Å². The summed E-state index contributed by atoms with van der Waals surface area (Å²) in [6.45, 7) is 0. The molecule has 1 aromatic heterocycles. The number of hydrogen-bond donors (Lipinski definition) is 1. The molecule has 1 N–H and O–H groups in total. The molecule has 76 valence electrons. The van der Waals surface area contributed by atoms with Crippen LogP contribution >= 0.6 is 11.3 Å². The topological polar surface area (TPSA) is 37.3 Å². The van der Waals surface area contributed by atoms with Gasteiger partial charge in [-0.3, -0.25) is 4.79 Å². The monoisotopic (exact) mass is 210 g/mol. The Kier molecular flexibility index (Phi) is 2.99. The maximum atomic E-state index is 11.6. The summed E-state index contributed by atoms with van der Waals surface area (Å²) >= 11 is 1.52. The van der Waals surface area contributed by atoms with Crippen molar-refractivity contribution in [3.05, 3.63) is 22.4 Å². The van der Waals surface area contributed by atoms with Crippen molar-refractivity contribution in [1.82, 2.24) is 0 Å². The summed E-state index contributed by atoms with van der Waals surface area (Å²) in [5.74, 6) is 0.0829. The first-order chi connectivity index (χ1) is 6.79. The predicted octanol–water partition coefficient (Wildman–Crippen LogP) is 2.54. The molecule has 0 bridgehead atoms. The fraction of sp³-hybridized carbons (Fsp3) is 0.545. The molecule has 1 fully saturated rings. The zero-order valence-electron chi connectivity index (χ0n) is 7.98. The standard InChI is InChI=1S/C11H14O2S/c12-9-5-2-1-4-8(9)11(13)10-6-3-7-14-10/h3,6-8,11,13H,1-2,4-5H2/t8-,11+/m0/s1. The lowest BCUT2D eigenvalue weighted by atomic mass is 9.83. The van der Waals surface area contributed by atoms with Crippen LogP contribution < -0.4 is 0 Å². The Morgan fingerprint density at radius 2 is 2.36 bits per heavy atom. The largest absolute Gasteiger partial charge is 0.387 e. The third-order valence-corrected chi connectivity index (χ3v) is 3.76. The smallest absolute Gasteiger partial charge is 0.138 e. The van der Waals surface area contributed by atoms with E-state index < -0.39 is 6.10 Å². The molecule has 3 heteroatoms. The van der Waals surface area contributed by atoms with E-state index in [-0.39, 0.29) is 11.7 Å². The van der Waals surface area contributed by atoms with Gasteiger partial charge in [-0.25, -0.2) is 0 Å². The summed E-state index contributed by atoms with van der Waals surface area (Å²) in [7, 11) is 0. The van der Waals surface area contributed by atoms with Crippen molar-refractivity contribution in [2.24, 2.45) is 5.92 Å². The van der Waals surface area contributed by atoms with Crippen LogP contribution in [0.1, 0.15) is 36.7 Å². The molecule has 2 rings (SSSR count). The van der Waals surface area contributed by atoms with E-state index in [4.69, 9.17) is 0 Å². The van der Waals surface area contributed by atoms with E-state index in [1.807, 2.05) is 17.5 Å². The average Bonchev–Trinajstić information content (AvgIpc) is 2.70. The van der Waals surface area contributed by atoms with Gasteiger partial charge in [-0.1, -0.05) is 12.5 Å². The van der Waals surface area contributed by atoms with Crippen LogP contribution in [0.2, 0.25) is 0 Å². The van der Waals surface area contributed by atoms with Crippen LogP contribution in [-0.4, -0.2) is 10.9 Å². The normalized spacial score (nSPS) is 24.9. The SMILES string of the molecule is O=C1CCCC[C@@H]1[C@@H](O)c1cccs1. The molecule has 1 aliphatic carbocycles. The van der Waals surface area contributed by atoms with Crippen molar-refractivity contribution in [3.63, 3.8) is 0 Å². The lowest BCUT2D eigenvalue weighted by Gasteiger charge is -2.24. The number of aliphatic hydroxyl groups excluding tert-OH is 1. The summed E-state index contributed by atoms with van der Waals surface area (Å²) in [5.41, 5.74) is 0. The Morgan fingerprint density at radius 3 is 3.00 bits per heavy atom. The van der Waals surface area contributed by atoms with Gasteiger partial charge in [0.05, 0.1) is 6.10 Å². The molecule has 2 atom stereocenters. The van der Waals surface area contributed by atoms with Gasteiger partial charge in [0.1, 0.15) is 5.78 Å². The van der Waals surface area contributed by atoms with E-state index in [2.05, 4.69) is 0 Å². The number of rotatable bonds is 2. The van der Waals surface area contributed by atoms with Gasteiger partial charge in [0, 0.05) is 17.2 Å². The minimum Gasteiger partial charge on any atom is -0.387 e. The highest BCUT2D eigenvalue weighted by atomic mass is 32.1. The Balaban J connectivity index is 2.10. The first kappa shape index (κ1) is 9.87. The fourth-order valence-corrected chi connectivity index (χ4v) is 2.78. The first-order valence-corrected chi connectivity index (χ1v) is 5.91. The minimum atomic E-state index is -0.567. The van der Waals surface area contributed by atoms with Crippen LogP contribution in [0.5, 0.6) is 0 Å². The van der Waals surface area contributed by atoms with Gasteiger partial charge in [0.25, 0.3) is 0 Å². The molecular formula is C11H14O2S. The van der Waals surface area contributed by atoms with Gasteiger partial charge < -0.3 is 5.11 Å². The third-order valence-electron chi connectivity index (χ3n) is 2.82. The molecule has 1 heterocycles. The van der Waals surface area contributed by atoms with Gasteiger partial charge in [0.15, 0.2) is 0 Å². The number of ketones is 1. The molecule has 0 radical (unpaired) electrons. The van der Waals surface area contributed by atoms with E-state index in [9.17, 15) is 9.90 Å². The molecule has 1 aromatic rings. The first-order valence-electron chi connectivity index (χ1n) is 5.03. The summed E-state index contributed by atoms with van der Waals surface area (Å²) < 4.78 is 0. The van der Waals surface area contributed by atoms with E-state index in [0.29, 0.717) is 6.42 Å². The Labute approximate surface area is 87.6 Å². The summed E-state index contributed by atoms with van der Waals surface area (Å²) in [6.07, 6.45) is 2.99. The lowest BCUT2D eigenvalue weighted by molar-refractivity contribution is -0.128. The van der Waals surface area contributed by atoms with Crippen molar-refractivity contribution in [2.45, 2.75) is 31.8 Å². The minimum absolute atomic E-state index is 0.151. The molecular weight excluding hydrogens is 196 g/mol. The zero-order valence-corrected chi connectivity index (χ0v) is 8.80. The molecule has 0 amide bonds. The second-order valence-corrected chi connectivity index (χ2v) is 4.76. The summed E-state index contributed by atoms with van der Waals surface area (Å²) in [5, 5.41) is 11.9. The van der Waals surface area contributed by atoms with Crippen molar-refractivity contribution in [2.75, 3.05) is 0 Å². The number of hydrogen-bond acceptors (Lipinski definition) is 3. The van der Waals surface area contributed by atoms with Crippen LogP contribution in [0, 0.1) is 5.92 Å². The van der Waals surface area contributed by atoms with E-state index in [1.165, 1.54) is 11.3 Å². The van der Waals surface area contributed by atoms with Crippen molar-refractivity contribution in [3.8, 4) is 0 Å². The quantitative estimate of drug-likeness (QED) is 0.814. The van der Waals surface area contributed by atoms with Crippen molar-refractivity contribution >= 4 is 17.1 Å². The molecule has 1 saturated carbocycles. The van der Waals surface area contributed by atoms with Crippen molar-refractivity contribution < 1.29 is 9.90 Å². The molecule has 14 heavy (non-hydrogen) atoms. The number of aliphatic hydroxyl groups is 1. The zero-order chi connectivity index (χ0) is 9.97. The van der Waals surface area contributed by atoms with E-state index in [1.54, 1.807) is 0 Å². The predicted molar refractivity (Wildman–Crippen MR) is 56.2 cm³/mol. The Bertz CT molecular complexity index is 305.